The number of aromatic carboxylic acids is 1. The molecule has 4 nitrogen and oxygen atoms in total. The SMILES string of the molecule is CCS(=O)c1ccc(C(=O)O)c(C(F)(F)F)n1. The molecule has 94 valence electrons. The Kier molecular flexibility index (Phi) is 3.87. The minimum absolute atomic E-state index is 0.108. The Bertz CT molecular complexity index is 473. The Balaban J connectivity index is 3.40. The molecule has 1 N–H and O–H groups in total. The highest BCUT2D eigenvalue weighted by Gasteiger charge is 2.37. The van der Waals surface area contributed by atoms with Crippen molar-refractivity contribution in [1.82, 2.24) is 4.98 Å². The first-order valence-electron chi connectivity index (χ1n) is 4.47. The molecule has 17 heavy (non-hydrogen) atoms. The molecule has 0 aliphatic rings. The quantitative estimate of drug-likeness (QED) is 0.908. The summed E-state index contributed by atoms with van der Waals surface area (Å²) in [6.45, 7) is 1.52. The summed E-state index contributed by atoms with van der Waals surface area (Å²) in [4.78, 5) is 13.7. The van der Waals surface area contributed by atoms with E-state index in [1.165, 1.54) is 6.92 Å². The topological polar surface area (TPSA) is 67.3 Å². The van der Waals surface area contributed by atoms with Crippen molar-refractivity contribution in [1.29, 1.82) is 0 Å². The van der Waals surface area contributed by atoms with Crippen LogP contribution in [0.5, 0.6) is 0 Å². The van der Waals surface area contributed by atoms with Gasteiger partial charge < -0.3 is 5.11 Å². The zero-order chi connectivity index (χ0) is 13.2. The van der Waals surface area contributed by atoms with Crippen LogP contribution in [-0.2, 0) is 17.0 Å². The molecule has 1 unspecified atom stereocenters. The molecule has 0 fully saturated rings. The van der Waals surface area contributed by atoms with Gasteiger partial charge in [-0.25, -0.2) is 9.78 Å². The number of alkyl halides is 3. The third-order valence-electron chi connectivity index (χ3n) is 1.86. The summed E-state index contributed by atoms with van der Waals surface area (Å²) in [5.41, 5.74) is -2.47. The number of hydrogen-bond donors (Lipinski definition) is 1. The van der Waals surface area contributed by atoms with Gasteiger partial charge in [0, 0.05) is 5.75 Å². The molecule has 0 aromatic carbocycles. The van der Waals surface area contributed by atoms with E-state index < -0.39 is 34.2 Å². The van der Waals surface area contributed by atoms with Crippen LogP contribution in [0, 0.1) is 0 Å². The summed E-state index contributed by atoms with van der Waals surface area (Å²) in [7, 11) is -1.66. The number of pyridine rings is 1. The van der Waals surface area contributed by atoms with E-state index in [4.69, 9.17) is 5.11 Å². The molecule has 8 heteroatoms. The van der Waals surface area contributed by atoms with Crippen molar-refractivity contribution in [3.63, 3.8) is 0 Å². The first-order chi connectivity index (χ1) is 7.77. The Labute approximate surface area is 96.9 Å². The van der Waals surface area contributed by atoms with Gasteiger partial charge in [0.2, 0.25) is 0 Å². The maximum atomic E-state index is 12.5. The first-order valence-corrected chi connectivity index (χ1v) is 5.79. The molecular weight excluding hydrogens is 259 g/mol. The van der Waals surface area contributed by atoms with Crippen molar-refractivity contribution in [2.45, 2.75) is 18.1 Å². The molecule has 1 aromatic rings. The Hall–Kier alpha value is -1.44. The van der Waals surface area contributed by atoms with Gasteiger partial charge in [0.05, 0.1) is 16.4 Å². The van der Waals surface area contributed by atoms with Gasteiger partial charge in [-0.15, -0.1) is 0 Å². The number of hydrogen-bond acceptors (Lipinski definition) is 3. The molecule has 0 spiro atoms. The summed E-state index contributed by atoms with van der Waals surface area (Å²) in [6, 6.07) is 1.79. The zero-order valence-electron chi connectivity index (χ0n) is 8.61. The van der Waals surface area contributed by atoms with E-state index in [1.807, 2.05) is 0 Å². The van der Waals surface area contributed by atoms with Crippen LogP contribution in [0.1, 0.15) is 23.0 Å². The highest BCUT2D eigenvalue weighted by Crippen LogP contribution is 2.31. The van der Waals surface area contributed by atoms with Crippen LogP contribution in [0.4, 0.5) is 13.2 Å². The van der Waals surface area contributed by atoms with Gasteiger partial charge in [-0.1, -0.05) is 6.92 Å². The lowest BCUT2D eigenvalue weighted by Crippen LogP contribution is -2.17. The van der Waals surface area contributed by atoms with Crippen LogP contribution in [0.15, 0.2) is 17.2 Å². The van der Waals surface area contributed by atoms with Crippen molar-refractivity contribution in [2.75, 3.05) is 5.75 Å². The van der Waals surface area contributed by atoms with Crippen LogP contribution in [-0.4, -0.2) is 26.0 Å². The number of aromatic nitrogens is 1. The van der Waals surface area contributed by atoms with Crippen molar-refractivity contribution in [3.8, 4) is 0 Å². The number of rotatable bonds is 3. The minimum Gasteiger partial charge on any atom is -0.478 e. The summed E-state index contributed by atoms with van der Waals surface area (Å²) < 4.78 is 48.9. The maximum absolute atomic E-state index is 12.5. The molecule has 1 heterocycles. The Morgan fingerprint density at radius 1 is 1.47 bits per heavy atom. The van der Waals surface area contributed by atoms with Crippen molar-refractivity contribution >= 4 is 16.8 Å². The van der Waals surface area contributed by atoms with Gasteiger partial charge in [-0.05, 0) is 12.1 Å². The lowest BCUT2D eigenvalue weighted by Gasteiger charge is -2.10. The summed E-state index contributed by atoms with van der Waals surface area (Å²) in [5, 5.41) is 8.33. The third kappa shape index (κ3) is 3.02. The van der Waals surface area contributed by atoms with Gasteiger partial charge in [-0.3, -0.25) is 4.21 Å². The lowest BCUT2D eigenvalue weighted by molar-refractivity contribution is -0.142. The highest BCUT2D eigenvalue weighted by atomic mass is 32.2. The number of carbonyl (C=O) groups is 1. The minimum atomic E-state index is -4.89. The van der Waals surface area contributed by atoms with E-state index in [9.17, 15) is 22.2 Å². The van der Waals surface area contributed by atoms with E-state index in [1.54, 1.807) is 0 Å². The highest BCUT2D eigenvalue weighted by molar-refractivity contribution is 7.84. The van der Waals surface area contributed by atoms with Crippen LogP contribution in [0.25, 0.3) is 0 Å². The third-order valence-corrected chi connectivity index (χ3v) is 3.08. The number of nitrogens with zero attached hydrogens (tertiary/aromatic N) is 1. The number of carboxylic acids is 1. The summed E-state index contributed by atoms with van der Waals surface area (Å²) >= 11 is 0. The van der Waals surface area contributed by atoms with E-state index in [2.05, 4.69) is 4.98 Å². The molecule has 0 aliphatic heterocycles. The van der Waals surface area contributed by atoms with Crippen LogP contribution in [0.2, 0.25) is 0 Å². The zero-order valence-corrected chi connectivity index (χ0v) is 9.43. The Morgan fingerprint density at radius 3 is 2.47 bits per heavy atom. The van der Waals surface area contributed by atoms with E-state index in [-0.39, 0.29) is 10.8 Å². The molecule has 1 aromatic heterocycles. The predicted molar refractivity (Wildman–Crippen MR) is 53.1 cm³/mol. The fourth-order valence-corrected chi connectivity index (χ4v) is 1.81. The lowest BCUT2D eigenvalue weighted by atomic mass is 10.2. The van der Waals surface area contributed by atoms with Gasteiger partial charge in [0.25, 0.3) is 0 Å². The van der Waals surface area contributed by atoms with Crippen LogP contribution < -0.4 is 0 Å². The second kappa shape index (κ2) is 4.82. The first kappa shape index (κ1) is 13.6. The molecule has 0 aliphatic carbocycles. The predicted octanol–water partition coefficient (Wildman–Crippen LogP) is 1.93. The molecular formula is C9H8F3NO3S. The molecule has 0 radical (unpaired) electrons. The number of carboxylic acid groups (broad SMARTS) is 1. The largest absolute Gasteiger partial charge is 0.478 e. The summed E-state index contributed by atoms with van der Waals surface area (Å²) in [6.07, 6.45) is -4.89. The van der Waals surface area contributed by atoms with Gasteiger partial charge >= 0.3 is 12.1 Å². The molecule has 0 saturated heterocycles. The van der Waals surface area contributed by atoms with Gasteiger partial charge in [0.15, 0.2) is 5.69 Å². The summed E-state index contributed by atoms with van der Waals surface area (Å²) in [5.74, 6) is -1.62. The van der Waals surface area contributed by atoms with E-state index in [0.29, 0.717) is 0 Å². The molecule has 0 amide bonds. The number of halogens is 3. The van der Waals surface area contributed by atoms with E-state index in [0.717, 1.165) is 12.1 Å². The second-order valence-corrected chi connectivity index (χ2v) is 4.67. The monoisotopic (exact) mass is 267 g/mol. The van der Waals surface area contributed by atoms with Crippen LogP contribution >= 0.6 is 0 Å². The smallest absolute Gasteiger partial charge is 0.434 e. The van der Waals surface area contributed by atoms with Gasteiger partial charge in [0.1, 0.15) is 5.03 Å². The normalized spacial score (nSPS) is 13.4. The average Bonchev–Trinajstić information content (AvgIpc) is 2.25. The molecule has 0 bridgehead atoms. The standard InChI is InChI=1S/C9H8F3NO3S/c1-2-17(16)6-4-3-5(8(14)15)7(13-6)9(10,11)12/h3-4H,2H2,1H3,(H,14,15). The fraction of sp³-hybridized carbons (Fsp3) is 0.333. The maximum Gasteiger partial charge on any atom is 0.434 e. The fourth-order valence-electron chi connectivity index (χ4n) is 1.10. The van der Waals surface area contributed by atoms with Crippen molar-refractivity contribution in [2.24, 2.45) is 0 Å². The molecule has 0 saturated carbocycles. The van der Waals surface area contributed by atoms with E-state index >= 15 is 0 Å². The molecule has 1 atom stereocenters. The van der Waals surface area contributed by atoms with Gasteiger partial charge in [-0.2, -0.15) is 13.2 Å². The Morgan fingerprint density at radius 2 is 2.06 bits per heavy atom. The average molecular weight is 267 g/mol. The molecule has 1 rings (SSSR count). The van der Waals surface area contributed by atoms with Crippen molar-refractivity contribution in [3.05, 3.63) is 23.4 Å². The van der Waals surface area contributed by atoms with Crippen molar-refractivity contribution < 1.29 is 27.3 Å². The second-order valence-electron chi connectivity index (χ2n) is 2.98. The van der Waals surface area contributed by atoms with Crippen LogP contribution in [0.3, 0.4) is 0 Å².